The first-order valence-electron chi connectivity index (χ1n) is 16.5. The number of fused-ring (bicyclic) bond motifs is 1. The number of rotatable bonds is 12. The third-order valence-corrected chi connectivity index (χ3v) is 10.3. The molecule has 1 aliphatic heterocycles. The third kappa shape index (κ3) is 7.86. The molecule has 11 heteroatoms. The maximum absolute atomic E-state index is 14.1. The van der Waals surface area contributed by atoms with Crippen molar-refractivity contribution >= 4 is 34.4 Å². The average Bonchev–Trinajstić information content (AvgIpc) is 3.71. The van der Waals surface area contributed by atoms with Gasteiger partial charge in [0.2, 0.25) is 17.6 Å². The van der Waals surface area contributed by atoms with Crippen LogP contribution in [-0.2, 0) is 23.8 Å². The van der Waals surface area contributed by atoms with Crippen LogP contribution in [0.5, 0.6) is 0 Å². The molecule has 2 heterocycles. The van der Waals surface area contributed by atoms with Crippen LogP contribution >= 0.6 is 0 Å². The van der Waals surface area contributed by atoms with Gasteiger partial charge in [0.15, 0.2) is 0 Å². The van der Waals surface area contributed by atoms with E-state index < -0.39 is 24.7 Å². The van der Waals surface area contributed by atoms with Crippen LogP contribution in [0.4, 0.5) is 10.1 Å². The number of ether oxygens (including phenoxy) is 3. The molecule has 10 nitrogen and oxygen atoms in total. The Balaban J connectivity index is 1.30. The summed E-state index contributed by atoms with van der Waals surface area (Å²) in [5.41, 5.74) is 7.03. The number of benzene rings is 1. The van der Waals surface area contributed by atoms with Crippen LogP contribution in [0.2, 0.25) is 0 Å². The van der Waals surface area contributed by atoms with E-state index >= 15 is 0 Å². The molecule has 3 atom stereocenters. The highest BCUT2D eigenvalue weighted by molar-refractivity contribution is 6.00. The van der Waals surface area contributed by atoms with Crippen molar-refractivity contribution in [1.82, 2.24) is 4.90 Å². The topological polar surface area (TPSA) is 133 Å². The molecule has 0 bridgehead atoms. The van der Waals surface area contributed by atoms with Crippen molar-refractivity contribution in [2.75, 3.05) is 46.0 Å². The number of methoxy groups -OCH3 is 2. The minimum Gasteiger partial charge on any atom is -0.460 e. The second-order valence-corrected chi connectivity index (χ2v) is 13.0. The van der Waals surface area contributed by atoms with Gasteiger partial charge in [-0.3, -0.25) is 9.59 Å². The van der Waals surface area contributed by atoms with Gasteiger partial charge in [-0.2, -0.15) is 0 Å². The van der Waals surface area contributed by atoms with Crippen molar-refractivity contribution in [2.45, 2.75) is 82.4 Å². The van der Waals surface area contributed by atoms with Crippen LogP contribution in [0.25, 0.3) is 11.0 Å². The molecule has 2 aliphatic carbocycles. The van der Waals surface area contributed by atoms with E-state index in [4.69, 9.17) is 24.4 Å². The van der Waals surface area contributed by atoms with Gasteiger partial charge in [-0.25, -0.2) is 9.18 Å². The first-order valence-corrected chi connectivity index (χ1v) is 16.5. The fourth-order valence-corrected chi connectivity index (χ4v) is 7.68. The molecule has 2 amide bonds. The summed E-state index contributed by atoms with van der Waals surface area (Å²) in [7, 11) is 3.34. The summed E-state index contributed by atoms with van der Waals surface area (Å²) in [6, 6.07) is 5.78. The standard InChI is InChI=1S/C34H48FN3O7/c1-42-16-3-17-44-34(41)30-19-24-18-25(10-13-29(24)45-30)37-32(39)31-27(21-8-11-26(43-2)12-9-21)14-15-38(31)33(40)23-6-4-22(5-7-23)28(36)20-35/h10,13,18-19,21-23,26-28,31H,3-9,11-12,14-17,20,36H2,1-2H3,(H,37,39)/t21?,22-,23-,26?,27-,28-,31-/m1/s1. The molecule has 1 saturated heterocycles. The molecule has 3 aliphatic rings. The molecule has 248 valence electrons. The quantitative estimate of drug-likeness (QED) is 0.245. The number of nitrogens with two attached hydrogens (primary N) is 1. The SMILES string of the molecule is COCCCOC(=O)c1cc2cc(NC(=O)[C@H]3[C@@H](C4CCC(OC)CC4)CCN3C(=O)[C@H]3CC[C@H]([C@H](N)CF)CC3)ccc2o1. The Bertz CT molecular complexity index is 1300. The van der Waals surface area contributed by atoms with E-state index in [1.54, 1.807) is 38.5 Å². The number of alkyl halides is 1. The first kappa shape index (κ1) is 33.3. The summed E-state index contributed by atoms with van der Waals surface area (Å²) in [6.45, 7) is 0.719. The summed E-state index contributed by atoms with van der Waals surface area (Å²) in [4.78, 5) is 42.3. The lowest BCUT2D eigenvalue weighted by atomic mass is 9.75. The van der Waals surface area contributed by atoms with Crippen molar-refractivity contribution in [1.29, 1.82) is 0 Å². The number of amides is 2. The second kappa shape index (κ2) is 15.5. The van der Waals surface area contributed by atoms with Crippen LogP contribution < -0.4 is 11.1 Å². The van der Waals surface area contributed by atoms with Gasteiger partial charge in [0.05, 0.1) is 12.7 Å². The minimum atomic E-state index is -0.579. The number of nitrogens with zero attached hydrogens (tertiary/aromatic N) is 1. The van der Waals surface area contributed by atoms with Gasteiger partial charge >= 0.3 is 5.97 Å². The summed E-state index contributed by atoms with van der Waals surface area (Å²) in [5.74, 6) is -0.343. The molecular formula is C34H48FN3O7. The maximum Gasteiger partial charge on any atom is 0.374 e. The van der Waals surface area contributed by atoms with Gasteiger partial charge in [0.25, 0.3) is 0 Å². The molecule has 0 radical (unpaired) electrons. The Kier molecular flexibility index (Phi) is 11.5. The number of hydrogen-bond acceptors (Lipinski definition) is 8. The predicted octanol–water partition coefficient (Wildman–Crippen LogP) is 5.09. The van der Waals surface area contributed by atoms with Gasteiger partial charge < -0.3 is 34.6 Å². The number of anilines is 1. The normalized spacial score (nSPS) is 27.8. The monoisotopic (exact) mass is 629 g/mol. The highest BCUT2D eigenvalue weighted by atomic mass is 19.1. The number of carbonyl (C=O) groups is 3. The largest absolute Gasteiger partial charge is 0.460 e. The number of furan rings is 1. The van der Waals surface area contributed by atoms with E-state index in [1.165, 1.54) is 0 Å². The van der Waals surface area contributed by atoms with Crippen LogP contribution in [0.15, 0.2) is 28.7 Å². The average molecular weight is 630 g/mol. The Morgan fingerprint density at radius 3 is 2.47 bits per heavy atom. The van der Waals surface area contributed by atoms with Crippen molar-refractivity contribution < 1.29 is 37.4 Å². The molecule has 2 aromatic rings. The highest BCUT2D eigenvalue weighted by Crippen LogP contribution is 2.42. The summed E-state index contributed by atoms with van der Waals surface area (Å²) in [6.07, 6.45) is 8.23. The zero-order valence-electron chi connectivity index (χ0n) is 26.5. The maximum atomic E-state index is 14.1. The Morgan fingerprint density at radius 2 is 1.78 bits per heavy atom. The van der Waals surface area contributed by atoms with E-state index in [2.05, 4.69) is 5.32 Å². The minimum absolute atomic E-state index is 0.0226. The van der Waals surface area contributed by atoms with Gasteiger partial charge in [-0.15, -0.1) is 0 Å². The molecule has 45 heavy (non-hydrogen) atoms. The van der Waals surface area contributed by atoms with Crippen LogP contribution in [0.3, 0.4) is 0 Å². The van der Waals surface area contributed by atoms with Crippen molar-refractivity contribution in [3.05, 3.63) is 30.0 Å². The van der Waals surface area contributed by atoms with Gasteiger partial charge in [-0.1, -0.05) is 0 Å². The number of hydrogen-bond donors (Lipinski definition) is 2. The molecule has 5 rings (SSSR count). The Morgan fingerprint density at radius 1 is 1.02 bits per heavy atom. The Labute approximate surface area is 264 Å². The van der Waals surface area contributed by atoms with E-state index in [0.717, 1.165) is 44.9 Å². The molecule has 0 spiro atoms. The fourth-order valence-electron chi connectivity index (χ4n) is 7.68. The van der Waals surface area contributed by atoms with Crippen LogP contribution in [-0.4, -0.2) is 81.5 Å². The third-order valence-electron chi connectivity index (χ3n) is 10.3. The lowest BCUT2D eigenvalue weighted by Gasteiger charge is -2.37. The smallest absolute Gasteiger partial charge is 0.374 e. The first-order chi connectivity index (χ1) is 21.8. The van der Waals surface area contributed by atoms with Crippen molar-refractivity contribution in [3.8, 4) is 0 Å². The number of halogens is 1. The van der Waals surface area contributed by atoms with Crippen LogP contribution in [0.1, 0.15) is 74.8 Å². The van der Waals surface area contributed by atoms with Gasteiger partial charge in [-0.05, 0) is 99.8 Å². The predicted molar refractivity (Wildman–Crippen MR) is 167 cm³/mol. The summed E-state index contributed by atoms with van der Waals surface area (Å²) < 4.78 is 34.7. The lowest BCUT2D eigenvalue weighted by Crippen LogP contribution is -2.50. The van der Waals surface area contributed by atoms with E-state index in [0.29, 0.717) is 55.0 Å². The van der Waals surface area contributed by atoms with Crippen LogP contribution in [0, 0.1) is 23.7 Å². The summed E-state index contributed by atoms with van der Waals surface area (Å²) in [5, 5.41) is 3.74. The fraction of sp³-hybridized carbons (Fsp3) is 0.676. The molecule has 0 unspecified atom stereocenters. The molecule has 1 aromatic heterocycles. The number of esters is 1. The zero-order valence-corrected chi connectivity index (χ0v) is 26.5. The zero-order chi connectivity index (χ0) is 31.9. The van der Waals surface area contributed by atoms with Gasteiger partial charge in [0.1, 0.15) is 18.3 Å². The van der Waals surface area contributed by atoms with Crippen molar-refractivity contribution in [3.63, 3.8) is 0 Å². The summed E-state index contributed by atoms with van der Waals surface area (Å²) >= 11 is 0. The number of nitrogens with one attached hydrogen (secondary N) is 1. The highest BCUT2D eigenvalue weighted by Gasteiger charge is 2.47. The van der Waals surface area contributed by atoms with Crippen molar-refractivity contribution in [2.24, 2.45) is 29.4 Å². The number of carbonyl (C=O) groups excluding carboxylic acids is 3. The molecule has 1 aromatic carbocycles. The molecule has 3 fully saturated rings. The Hall–Kier alpha value is -3.02. The lowest BCUT2D eigenvalue weighted by molar-refractivity contribution is -0.142. The van der Waals surface area contributed by atoms with E-state index in [9.17, 15) is 18.8 Å². The molecular weight excluding hydrogens is 581 g/mol. The number of likely N-dealkylation sites (tertiary alicyclic amines) is 1. The molecule has 2 saturated carbocycles. The van der Waals surface area contributed by atoms with Gasteiger partial charge in [0, 0.05) is 56.8 Å². The molecule has 3 N–H and O–H groups in total. The second-order valence-electron chi connectivity index (χ2n) is 13.0. The van der Waals surface area contributed by atoms with E-state index in [-0.39, 0.29) is 48.0 Å². The van der Waals surface area contributed by atoms with E-state index in [1.807, 2.05) is 4.90 Å².